The van der Waals surface area contributed by atoms with E-state index in [1.807, 2.05) is 0 Å². The molecule has 7 nitrogen and oxygen atoms in total. The molecule has 0 aliphatic rings. The number of benzene rings is 1. The summed E-state index contributed by atoms with van der Waals surface area (Å²) in [5, 5.41) is 4.03. The lowest BCUT2D eigenvalue weighted by molar-refractivity contribution is -0.119. The average Bonchev–Trinajstić information content (AvgIpc) is 2.98. The topological polar surface area (TPSA) is 124 Å². The Morgan fingerprint density at radius 3 is 2.56 bits per heavy atom. The Bertz CT molecular complexity index is 1040. The number of carbonyl (C=O) groups is 2. The standard InChI is InChI=1S/C16H13Cl2N5O2S.CH4/c1-6(13(19)24)21-14(25)11-5-9-12(22-16(20)23-15(9)26-11)8-3-2-7(17)4-10(8)18;/h2-6H,1H3,(H2,19,24)(H,21,25)(H2,20,22,23);1H4/t6-;/m0./s1. The molecule has 142 valence electrons. The van der Waals surface area contributed by atoms with Crippen LogP contribution < -0.4 is 16.8 Å². The average molecular weight is 426 g/mol. The monoisotopic (exact) mass is 425 g/mol. The third-order valence-corrected chi connectivity index (χ3v) is 5.17. The Morgan fingerprint density at radius 2 is 1.93 bits per heavy atom. The minimum atomic E-state index is -0.797. The third kappa shape index (κ3) is 4.29. The number of amides is 2. The van der Waals surface area contributed by atoms with Gasteiger partial charge in [-0.3, -0.25) is 9.59 Å². The number of nitrogens with two attached hydrogens (primary N) is 2. The molecule has 2 aromatic heterocycles. The molecule has 1 atom stereocenters. The molecule has 10 heteroatoms. The van der Waals surface area contributed by atoms with Crippen LogP contribution in [0.25, 0.3) is 21.5 Å². The number of fused-ring (bicyclic) bond motifs is 1. The zero-order valence-corrected chi connectivity index (χ0v) is 15.7. The number of nitrogen functional groups attached to an aromatic ring is 1. The fraction of sp³-hybridized carbons (Fsp3) is 0.176. The van der Waals surface area contributed by atoms with Crippen molar-refractivity contribution in [1.82, 2.24) is 15.3 Å². The van der Waals surface area contributed by atoms with Gasteiger partial charge in [-0.25, -0.2) is 9.97 Å². The zero-order chi connectivity index (χ0) is 19.0. The van der Waals surface area contributed by atoms with Gasteiger partial charge in [0.15, 0.2) is 0 Å². The summed E-state index contributed by atoms with van der Waals surface area (Å²) in [7, 11) is 0. The number of primary amides is 1. The van der Waals surface area contributed by atoms with Gasteiger partial charge in [0.2, 0.25) is 11.9 Å². The molecule has 2 heterocycles. The van der Waals surface area contributed by atoms with Crippen LogP contribution in [-0.2, 0) is 4.79 Å². The summed E-state index contributed by atoms with van der Waals surface area (Å²) < 4.78 is 0. The van der Waals surface area contributed by atoms with Crippen molar-refractivity contribution in [3.63, 3.8) is 0 Å². The molecule has 5 N–H and O–H groups in total. The van der Waals surface area contributed by atoms with E-state index >= 15 is 0 Å². The van der Waals surface area contributed by atoms with Crippen LogP contribution >= 0.6 is 34.5 Å². The number of thiophene rings is 1. The number of carbonyl (C=O) groups excluding carboxylic acids is 2. The molecule has 0 aliphatic carbocycles. The minimum Gasteiger partial charge on any atom is -0.368 e. The molecule has 0 bridgehead atoms. The normalized spacial score (nSPS) is 11.7. The summed E-state index contributed by atoms with van der Waals surface area (Å²) >= 11 is 13.3. The first-order valence-electron chi connectivity index (χ1n) is 7.39. The Labute approximate surface area is 169 Å². The molecule has 0 saturated carbocycles. The summed E-state index contributed by atoms with van der Waals surface area (Å²) in [4.78, 5) is 32.8. The van der Waals surface area contributed by atoms with Crippen molar-refractivity contribution in [2.24, 2.45) is 5.73 Å². The van der Waals surface area contributed by atoms with Crippen LogP contribution in [0.3, 0.4) is 0 Å². The van der Waals surface area contributed by atoms with Crippen LogP contribution in [0.4, 0.5) is 5.95 Å². The lowest BCUT2D eigenvalue weighted by atomic mass is 10.1. The van der Waals surface area contributed by atoms with Gasteiger partial charge in [-0.05, 0) is 31.2 Å². The van der Waals surface area contributed by atoms with E-state index in [1.54, 1.807) is 24.3 Å². The Hall–Kier alpha value is -2.42. The zero-order valence-electron chi connectivity index (χ0n) is 13.4. The summed E-state index contributed by atoms with van der Waals surface area (Å²) in [5.74, 6) is -1.01. The molecule has 0 fully saturated rings. The number of nitrogens with zero attached hydrogens (tertiary/aromatic N) is 2. The van der Waals surface area contributed by atoms with Crippen molar-refractivity contribution in [3.05, 3.63) is 39.2 Å². The van der Waals surface area contributed by atoms with Crippen LogP contribution in [0.2, 0.25) is 10.0 Å². The van der Waals surface area contributed by atoms with Crippen molar-refractivity contribution in [2.75, 3.05) is 5.73 Å². The smallest absolute Gasteiger partial charge is 0.262 e. The molecule has 1 aromatic carbocycles. The highest BCUT2D eigenvalue weighted by atomic mass is 35.5. The van der Waals surface area contributed by atoms with E-state index in [4.69, 9.17) is 34.7 Å². The van der Waals surface area contributed by atoms with E-state index in [9.17, 15) is 9.59 Å². The number of hydrogen-bond acceptors (Lipinski definition) is 6. The second-order valence-corrected chi connectivity index (χ2v) is 7.36. The largest absolute Gasteiger partial charge is 0.368 e. The van der Waals surface area contributed by atoms with E-state index in [1.165, 1.54) is 6.92 Å². The van der Waals surface area contributed by atoms with Gasteiger partial charge >= 0.3 is 0 Å². The van der Waals surface area contributed by atoms with Crippen molar-refractivity contribution in [2.45, 2.75) is 20.4 Å². The predicted molar refractivity (Wildman–Crippen MR) is 110 cm³/mol. The van der Waals surface area contributed by atoms with E-state index in [0.29, 0.717) is 36.4 Å². The number of hydrogen-bond donors (Lipinski definition) is 3. The molecule has 0 radical (unpaired) electrons. The van der Waals surface area contributed by atoms with Gasteiger partial charge in [0, 0.05) is 16.0 Å². The van der Waals surface area contributed by atoms with Crippen molar-refractivity contribution >= 4 is 62.5 Å². The van der Waals surface area contributed by atoms with Gasteiger partial charge in [-0.2, -0.15) is 0 Å². The quantitative estimate of drug-likeness (QED) is 0.589. The first-order chi connectivity index (χ1) is 12.3. The Balaban J connectivity index is 0.00000261. The van der Waals surface area contributed by atoms with E-state index in [2.05, 4.69) is 15.3 Å². The van der Waals surface area contributed by atoms with Gasteiger partial charge in [0.1, 0.15) is 10.9 Å². The summed E-state index contributed by atoms with van der Waals surface area (Å²) in [5.41, 5.74) is 12.1. The van der Waals surface area contributed by atoms with Crippen LogP contribution in [0.5, 0.6) is 0 Å². The van der Waals surface area contributed by atoms with Gasteiger partial charge in [-0.15, -0.1) is 11.3 Å². The number of anilines is 1. The number of nitrogens with one attached hydrogen (secondary N) is 1. The number of halogens is 2. The summed E-state index contributed by atoms with van der Waals surface area (Å²) in [6.45, 7) is 1.50. The molecular weight excluding hydrogens is 409 g/mol. The van der Waals surface area contributed by atoms with Gasteiger partial charge < -0.3 is 16.8 Å². The first-order valence-corrected chi connectivity index (χ1v) is 8.96. The minimum absolute atomic E-state index is 0. The lowest BCUT2D eigenvalue weighted by Crippen LogP contribution is -2.41. The van der Waals surface area contributed by atoms with Gasteiger partial charge in [0.25, 0.3) is 5.91 Å². The van der Waals surface area contributed by atoms with Gasteiger partial charge in [-0.1, -0.05) is 30.6 Å². The Kier molecular flexibility index (Phi) is 6.25. The third-order valence-electron chi connectivity index (χ3n) is 3.59. The van der Waals surface area contributed by atoms with Crippen LogP contribution in [0, 0.1) is 0 Å². The molecule has 0 saturated heterocycles. The maximum Gasteiger partial charge on any atom is 0.262 e. The summed E-state index contributed by atoms with van der Waals surface area (Å²) in [6, 6.07) is 5.83. The number of aromatic nitrogens is 2. The lowest BCUT2D eigenvalue weighted by Gasteiger charge is -2.08. The van der Waals surface area contributed by atoms with Crippen LogP contribution in [0.15, 0.2) is 24.3 Å². The summed E-state index contributed by atoms with van der Waals surface area (Å²) in [6.07, 6.45) is 0. The van der Waals surface area contributed by atoms with E-state index < -0.39 is 17.9 Å². The predicted octanol–water partition coefficient (Wildman–Crippen LogP) is 3.49. The molecule has 2 amide bonds. The van der Waals surface area contributed by atoms with Crippen LogP contribution in [-0.4, -0.2) is 27.8 Å². The molecule has 3 aromatic rings. The molecule has 0 aliphatic heterocycles. The fourth-order valence-corrected chi connectivity index (χ4v) is 3.71. The molecule has 0 unspecified atom stereocenters. The SMILES string of the molecule is C.C[C@H](NC(=O)c1cc2c(-c3ccc(Cl)cc3Cl)nc(N)nc2s1)C(N)=O. The van der Waals surface area contributed by atoms with E-state index in [-0.39, 0.29) is 13.4 Å². The number of rotatable bonds is 4. The Morgan fingerprint density at radius 1 is 1.22 bits per heavy atom. The van der Waals surface area contributed by atoms with Crippen molar-refractivity contribution < 1.29 is 9.59 Å². The highest BCUT2D eigenvalue weighted by molar-refractivity contribution is 7.20. The van der Waals surface area contributed by atoms with Crippen molar-refractivity contribution in [1.29, 1.82) is 0 Å². The second-order valence-electron chi connectivity index (χ2n) is 5.48. The van der Waals surface area contributed by atoms with E-state index in [0.717, 1.165) is 11.3 Å². The molecule has 3 rings (SSSR count). The van der Waals surface area contributed by atoms with Crippen molar-refractivity contribution in [3.8, 4) is 11.3 Å². The second kappa shape index (κ2) is 8.08. The first kappa shape index (κ1) is 20.9. The molecular formula is C17H17Cl2N5O2S. The maximum atomic E-state index is 12.3. The molecule has 0 spiro atoms. The molecule has 27 heavy (non-hydrogen) atoms. The maximum absolute atomic E-state index is 12.3. The highest BCUT2D eigenvalue weighted by Crippen LogP contribution is 2.36. The van der Waals surface area contributed by atoms with Crippen LogP contribution in [0.1, 0.15) is 24.0 Å². The van der Waals surface area contributed by atoms with Gasteiger partial charge in [0.05, 0.1) is 15.6 Å². The highest BCUT2D eigenvalue weighted by Gasteiger charge is 2.20. The fourth-order valence-electron chi connectivity index (χ4n) is 2.28.